The molecule has 0 bridgehead atoms. The Labute approximate surface area is 123 Å². The molecule has 0 aliphatic carbocycles. The van der Waals surface area contributed by atoms with Crippen molar-refractivity contribution in [3.8, 4) is 11.4 Å². The van der Waals surface area contributed by atoms with E-state index in [0.29, 0.717) is 16.0 Å². The zero-order valence-corrected chi connectivity index (χ0v) is 13.0. The molecule has 0 amide bonds. The van der Waals surface area contributed by atoms with Crippen LogP contribution in [-0.2, 0) is 5.41 Å². The van der Waals surface area contributed by atoms with Gasteiger partial charge in [-0.05, 0) is 24.6 Å². The maximum atomic E-state index is 6.14. The molecule has 0 saturated carbocycles. The van der Waals surface area contributed by atoms with E-state index in [0.717, 1.165) is 16.8 Å². The van der Waals surface area contributed by atoms with E-state index in [1.807, 2.05) is 25.1 Å². The number of benzene rings is 1. The van der Waals surface area contributed by atoms with Crippen LogP contribution in [0.15, 0.2) is 24.3 Å². The average molecular weight is 295 g/mol. The second-order valence-electron chi connectivity index (χ2n) is 5.61. The Morgan fingerprint density at radius 1 is 1.00 bits per heavy atom. The fraction of sp³-hybridized carbons (Fsp3) is 0.333. The third-order valence-corrected chi connectivity index (χ3v) is 3.49. The predicted octanol–water partition coefficient (Wildman–Crippen LogP) is 5.06. The summed E-state index contributed by atoms with van der Waals surface area (Å²) < 4.78 is 0. The predicted molar refractivity (Wildman–Crippen MR) is 80.9 cm³/mol. The van der Waals surface area contributed by atoms with Crippen molar-refractivity contribution in [3.63, 3.8) is 0 Å². The number of hydrogen-bond acceptors (Lipinski definition) is 2. The third-order valence-electron chi connectivity index (χ3n) is 2.89. The Morgan fingerprint density at radius 3 is 2.26 bits per heavy atom. The Balaban J connectivity index is 2.56. The van der Waals surface area contributed by atoms with Crippen LogP contribution in [0.1, 0.15) is 32.0 Å². The summed E-state index contributed by atoms with van der Waals surface area (Å²) in [7, 11) is 0. The molecule has 0 radical (unpaired) electrons. The zero-order valence-electron chi connectivity index (χ0n) is 11.5. The van der Waals surface area contributed by atoms with Crippen LogP contribution in [0.25, 0.3) is 11.4 Å². The molecule has 0 N–H and O–H groups in total. The fourth-order valence-electron chi connectivity index (χ4n) is 1.66. The van der Waals surface area contributed by atoms with E-state index in [-0.39, 0.29) is 5.41 Å². The van der Waals surface area contributed by atoms with E-state index in [9.17, 15) is 0 Å². The summed E-state index contributed by atoms with van der Waals surface area (Å²) in [6.07, 6.45) is 0. The zero-order chi connectivity index (χ0) is 14.2. The maximum absolute atomic E-state index is 6.14. The van der Waals surface area contributed by atoms with Crippen LogP contribution in [0.2, 0.25) is 10.2 Å². The molecule has 2 rings (SSSR count). The first-order valence-electron chi connectivity index (χ1n) is 6.09. The Morgan fingerprint density at radius 2 is 1.68 bits per heavy atom. The molecule has 0 spiro atoms. The minimum Gasteiger partial charge on any atom is -0.232 e. The van der Waals surface area contributed by atoms with Crippen molar-refractivity contribution in [2.24, 2.45) is 0 Å². The molecule has 0 unspecified atom stereocenters. The summed E-state index contributed by atoms with van der Waals surface area (Å²) in [5.74, 6) is 0.610. The highest BCUT2D eigenvalue weighted by molar-refractivity contribution is 6.31. The lowest BCUT2D eigenvalue weighted by atomic mass is 9.92. The molecule has 0 fully saturated rings. The van der Waals surface area contributed by atoms with Gasteiger partial charge in [-0.2, -0.15) is 0 Å². The standard InChI is InChI=1S/C15H16Cl2N2/c1-9-5-6-10(7-11(9)16)14-18-12(15(2,3)4)8-13(17)19-14/h5-8H,1-4H3. The van der Waals surface area contributed by atoms with Crippen molar-refractivity contribution in [3.05, 3.63) is 45.7 Å². The van der Waals surface area contributed by atoms with Gasteiger partial charge in [-0.25, -0.2) is 9.97 Å². The molecule has 19 heavy (non-hydrogen) atoms. The molecule has 1 aromatic heterocycles. The molecule has 1 heterocycles. The topological polar surface area (TPSA) is 25.8 Å². The highest BCUT2D eigenvalue weighted by Gasteiger charge is 2.18. The molecule has 2 aromatic rings. The number of aryl methyl sites for hydroxylation is 1. The van der Waals surface area contributed by atoms with Crippen LogP contribution in [0, 0.1) is 6.92 Å². The van der Waals surface area contributed by atoms with Crippen LogP contribution in [0.5, 0.6) is 0 Å². The lowest BCUT2D eigenvalue weighted by molar-refractivity contribution is 0.568. The molecule has 2 nitrogen and oxygen atoms in total. The van der Waals surface area contributed by atoms with Gasteiger partial charge in [0.05, 0.1) is 5.69 Å². The van der Waals surface area contributed by atoms with E-state index in [1.54, 1.807) is 6.07 Å². The number of nitrogens with zero attached hydrogens (tertiary/aromatic N) is 2. The van der Waals surface area contributed by atoms with Crippen molar-refractivity contribution in [1.82, 2.24) is 9.97 Å². The molecule has 100 valence electrons. The summed E-state index contributed by atoms with van der Waals surface area (Å²) in [6.45, 7) is 8.25. The van der Waals surface area contributed by atoms with Crippen LogP contribution in [-0.4, -0.2) is 9.97 Å². The molecular formula is C15H16Cl2N2. The van der Waals surface area contributed by atoms with Crippen LogP contribution in [0.4, 0.5) is 0 Å². The van der Waals surface area contributed by atoms with Crippen molar-refractivity contribution in [1.29, 1.82) is 0 Å². The molecule has 0 aliphatic rings. The van der Waals surface area contributed by atoms with E-state index >= 15 is 0 Å². The Hall–Kier alpha value is -1.12. The minimum absolute atomic E-state index is 0.0736. The van der Waals surface area contributed by atoms with E-state index in [4.69, 9.17) is 23.2 Å². The van der Waals surface area contributed by atoms with Crippen molar-refractivity contribution in [2.45, 2.75) is 33.1 Å². The lowest BCUT2D eigenvalue weighted by Crippen LogP contribution is -2.14. The van der Waals surface area contributed by atoms with Gasteiger partial charge in [0.2, 0.25) is 0 Å². The second-order valence-corrected chi connectivity index (χ2v) is 6.41. The van der Waals surface area contributed by atoms with Crippen molar-refractivity contribution >= 4 is 23.2 Å². The van der Waals surface area contributed by atoms with Crippen LogP contribution >= 0.6 is 23.2 Å². The number of hydrogen-bond donors (Lipinski definition) is 0. The normalized spacial score (nSPS) is 11.7. The van der Waals surface area contributed by atoms with Gasteiger partial charge in [-0.15, -0.1) is 0 Å². The largest absolute Gasteiger partial charge is 0.232 e. The fourth-order valence-corrected chi connectivity index (χ4v) is 2.03. The summed E-state index contributed by atoms with van der Waals surface area (Å²) in [6, 6.07) is 7.59. The van der Waals surface area contributed by atoms with Gasteiger partial charge < -0.3 is 0 Å². The number of aromatic nitrogens is 2. The van der Waals surface area contributed by atoms with Gasteiger partial charge in [0.25, 0.3) is 0 Å². The van der Waals surface area contributed by atoms with Gasteiger partial charge >= 0.3 is 0 Å². The summed E-state index contributed by atoms with van der Waals surface area (Å²) in [5.41, 5.74) is 2.75. The molecule has 0 aliphatic heterocycles. The van der Waals surface area contributed by atoms with Gasteiger partial charge in [0, 0.05) is 16.0 Å². The quantitative estimate of drug-likeness (QED) is 0.687. The van der Waals surface area contributed by atoms with E-state index < -0.39 is 0 Å². The minimum atomic E-state index is -0.0736. The summed E-state index contributed by atoms with van der Waals surface area (Å²) in [4.78, 5) is 8.88. The van der Waals surface area contributed by atoms with E-state index in [2.05, 4.69) is 30.7 Å². The lowest BCUT2D eigenvalue weighted by Gasteiger charge is -2.18. The molecule has 1 aromatic carbocycles. The van der Waals surface area contributed by atoms with Crippen molar-refractivity contribution in [2.75, 3.05) is 0 Å². The molecule has 0 saturated heterocycles. The highest BCUT2D eigenvalue weighted by atomic mass is 35.5. The first-order valence-corrected chi connectivity index (χ1v) is 6.84. The van der Waals surface area contributed by atoms with Crippen LogP contribution < -0.4 is 0 Å². The van der Waals surface area contributed by atoms with Gasteiger partial charge in [0.1, 0.15) is 5.15 Å². The highest BCUT2D eigenvalue weighted by Crippen LogP contribution is 2.27. The van der Waals surface area contributed by atoms with Crippen molar-refractivity contribution < 1.29 is 0 Å². The smallest absolute Gasteiger partial charge is 0.161 e. The first kappa shape index (κ1) is 14.3. The molecule has 0 atom stereocenters. The Kier molecular flexibility index (Phi) is 3.84. The SMILES string of the molecule is Cc1ccc(-c2nc(Cl)cc(C(C)(C)C)n2)cc1Cl. The van der Waals surface area contributed by atoms with Gasteiger partial charge in [0.15, 0.2) is 5.82 Å². The maximum Gasteiger partial charge on any atom is 0.161 e. The van der Waals surface area contributed by atoms with E-state index in [1.165, 1.54) is 0 Å². The number of halogens is 2. The Bertz CT molecular complexity index is 616. The van der Waals surface area contributed by atoms with Gasteiger partial charge in [-0.1, -0.05) is 56.1 Å². The second kappa shape index (κ2) is 5.10. The summed E-state index contributed by atoms with van der Waals surface area (Å²) >= 11 is 12.2. The summed E-state index contributed by atoms with van der Waals surface area (Å²) in [5, 5.41) is 1.16. The molecule has 4 heteroatoms. The average Bonchev–Trinajstić information content (AvgIpc) is 2.31. The first-order chi connectivity index (χ1) is 8.77. The third kappa shape index (κ3) is 3.26. The monoisotopic (exact) mass is 294 g/mol. The van der Waals surface area contributed by atoms with Crippen LogP contribution in [0.3, 0.4) is 0 Å². The molecular weight excluding hydrogens is 279 g/mol. The number of rotatable bonds is 1. The van der Waals surface area contributed by atoms with Gasteiger partial charge in [-0.3, -0.25) is 0 Å².